The van der Waals surface area contributed by atoms with Crippen LogP contribution < -0.4 is 25.7 Å². The first-order valence-electron chi connectivity index (χ1n) is 11.3. The van der Waals surface area contributed by atoms with Crippen LogP contribution in [0.5, 0.6) is 5.75 Å². The molecule has 0 radical (unpaired) electrons. The summed E-state index contributed by atoms with van der Waals surface area (Å²) in [4.78, 5) is 38.6. The van der Waals surface area contributed by atoms with Crippen molar-refractivity contribution in [3.8, 4) is 5.75 Å². The number of nitrogens with zero attached hydrogens (tertiary/aromatic N) is 2. The van der Waals surface area contributed by atoms with Crippen LogP contribution in [0, 0.1) is 5.82 Å². The van der Waals surface area contributed by atoms with Crippen LogP contribution in [0.4, 0.5) is 10.1 Å². The van der Waals surface area contributed by atoms with Gasteiger partial charge in [-0.1, -0.05) is 0 Å². The number of carbonyl (C=O) groups is 2. The van der Waals surface area contributed by atoms with Crippen LogP contribution in [0.2, 0.25) is 0 Å². The van der Waals surface area contributed by atoms with Crippen molar-refractivity contribution < 1.29 is 23.8 Å². The Labute approximate surface area is 190 Å². The van der Waals surface area contributed by atoms with Crippen molar-refractivity contribution in [1.29, 1.82) is 0 Å². The molecule has 4 rings (SSSR count). The smallest absolute Gasteiger partial charge is 0.303 e. The lowest BCUT2D eigenvalue weighted by Crippen LogP contribution is -2.49. The highest BCUT2D eigenvalue weighted by Crippen LogP contribution is 2.43. The second-order valence-corrected chi connectivity index (χ2v) is 8.70. The second kappa shape index (κ2) is 9.38. The van der Waals surface area contributed by atoms with E-state index in [0.29, 0.717) is 36.6 Å². The van der Waals surface area contributed by atoms with Gasteiger partial charge in [-0.2, -0.15) is 0 Å². The van der Waals surface area contributed by atoms with E-state index >= 15 is 4.39 Å². The lowest BCUT2D eigenvalue weighted by atomic mass is 10.1. The Morgan fingerprint density at radius 1 is 1.36 bits per heavy atom. The summed E-state index contributed by atoms with van der Waals surface area (Å²) in [7, 11) is 1.47. The minimum absolute atomic E-state index is 0.0832. The second-order valence-electron chi connectivity index (χ2n) is 8.70. The average molecular weight is 461 g/mol. The first-order valence-corrected chi connectivity index (χ1v) is 11.3. The molecule has 2 fully saturated rings. The third kappa shape index (κ3) is 4.66. The van der Waals surface area contributed by atoms with E-state index in [-0.39, 0.29) is 42.4 Å². The van der Waals surface area contributed by atoms with Crippen molar-refractivity contribution in [2.45, 2.75) is 44.7 Å². The number of hydrogen-bond donors (Lipinski definition) is 3. The molecule has 10 heteroatoms. The molecule has 3 N–H and O–H groups in total. The molecule has 33 heavy (non-hydrogen) atoms. The van der Waals surface area contributed by atoms with Gasteiger partial charge < -0.3 is 29.9 Å². The maximum atomic E-state index is 15.4. The molecule has 1 saturated carbocycles. The molecule has 2 aliphatic rings. The highest BCUT2D eigenvalue weighted by atomic mass is 19.1. The number of piperazine rings is 1. The Hall–Kier alpha value is -3.14. The molecular formula is C23H29FN4O5. The lowest BCUT2D eigenvalue weighted by molar-refractivity contribution is -0.137. The molecule has 1 aromatic carbocycles. The van der Waals surface area contributed by atoms with Crippen molar-refractivity contribution in [3.63, 3.8) is 0 Å². The number of amides is 1. The average Bonchev–Trinajstić information content (AvgIpc) is 3.61. The van der Waals surface area contributed by atoms with Crippen molar-refractivity contribution in [2.24, 2.45) is 0 Å². The van der Waals surface area contributed by atoms with Crippen molar-refractivity contribution in [3.05, 3.63) is 33.9 Å². The Bertz CT molecular complexity index is 1140. The number of methoxy groups -OCH3 is 1. The standard InChI is InChI=1S/C23H29FN4O5/c1-13-11-27(9-8-25-13)20-17(24)10-15-19(22(20)33-2)28(14-5-6-14)12-16(21(15)31)23(32)26-7-3-4-18(29)30/h10,12-14,25H,3-9,11H2,1-2H3,(H,26,32)(H,29,30). The van der Waals surface area contributed by atoms with Crippen LogP contribution in [0.3, 0.4) is 0 Å². The summed E-state index contributed by atoms with van der Waals surface area (Å²) in [5.41, 5.74) is 0.165. The number of carboxylic acid groups (broad SMARTS) is 1. The number of ether oxygens (including phenoxy) is 1. The molecule has 1 aromatic heterocycles. The van der Waals surface area contributed by atoms with Gasteiger partial charge in [-0.15, -0.1) is 0 Å². The van der Waals surface area contributed by atoms with Gasteiger partial charge in [0.15, 0.2) is 11.6 Å². The molecule has 2 heterocycles. The summed E-state index contributed by atoms with van der Waals surface area (Å²) >= 11 is 0. The van der Waals surface area contributed by atoms with Crippen LogP contribution in [0.15, 0.2) is 17.1 Å². The zero-order valence-corrected chi connectivity index (χ0v) is 18.8. The van der Waals surface area contributed by atoms with E-state index in [1.165, 1.54) is 19.4 Å². The molecule has 1 aliphatic carbocycles. The van der Waals surface area contributed by atoms with Crippen LogP contribution in [-0.4, -0.2) is 60.9 Å². The van der Waals surface area contributed by atoms with Crippen LogP contribution in [0.25, 0.3) is 10.9 Å². The summed E-state index contributed by atoms with van der Waals surface area (Å²) in [5, 5.41) is 14.8. The predicted molar refractivity (Wildman–Crippen MR) is 122 cm³/mol. The van der Waals surface area contributed by atoms with Gasteiger partial charge >= 0.3 is 5.97 Å². The third-order valence-electron chi connectivity index (χ3n) is 6.13. The van der Waals surface area contributed by atoms with E-state index in [2.05, 4.69) is 10.6 Å². The van der Waals surface area contributed by atoms with E-state index in [0.717, 1.165) is 12.8 Å². The number of nitrogens with one attached hydrogen (secondary N) is 2. The van der Waals surface area contributed by atoms with Gasteiger partial charge in [0.2, 0.25) is 5.43 Å². The number of aliphatic carboxylic acids is 1. The number of halogens is 1. The SMILES string of the molecule is COc1c(N2CCNC(C)C2)c(F)cc2c(=O)c(C(=O)NCCCC(=O)O)cn(C3CC3)c12. The Morgan fingerprint density at radius 3 is 2.76 bits per heavy atom. The Morgan fingerprint density at radius 2 is 2.12 bits per heavy atom. The fraction of sp³-hybridized carbons (Fsp3) is 0.522. The first-order chi connectivity index (χ1) is 15.8. The van der Waals surface area contributed by atoms with Gasteiger partial charge in [0.25, 0.3) is 5.91 Å². The molecule has 1 amide bonds. The van der Waals surface area contributed by atoms with Crippen LogP contribution in [0.1, 0.15) is 49.0 Å². The van der Waals surface area contributed by atoms with Gasteiger partial charge in [-0.05, 0) is 32.3 Å². The summed E-state index contributed by atoms with van der Waals surface area (Å²) in [6.45, 7) is 4.07. The van der Waals surface area contributed by atoms with Gasteiger partial charge in [0.05, 0.1) is 18.0 Å². The maximum absolute atomic E-state index is 15.4. The fourth-order valence-electron chi connectivity index (χ4n) is 4.41. The van der Waals surface area contributed by atoms with E-state index in [9.17, 15) is 14.4 Å². The molecule has 1 aliphatic heterocycles. The summed E-state index contributed by atoms with van der Waals surface area (Å²) < 4.78 is 23.0. The summed E-state index contributed by atoms with van der Waals surface area (Å²) in [6.07, 6.45) is 3.47. The molecule has 1 unspecified atom stereocenters. The number of aromatic nitrogens is 1. The fourth-order valence-corrected chi connectivity index (χ4v) is 4.41. The van der Waals surface area contributed by atoms with Gasteiger partial charge in [-0.25, -0.2) is 4.39 Å². The number of pyridine rings is 1. The topological polar surface area (TPSA) is 113 Å². The molecule has 0 bridgehead atoms. The van der Waals surface area contributed by atoms with Gasteiger partial charge in [0.1, 0.15) is 11.3 Å². The lowest BCUT2D eigenvalue weighted by Gasteiger charge is -2.35. The Balaban J connectivity index is 1.80. The highest BCUT2D eigenvalue weighted by Gasteiger charge is 2.32. The van der Waals surface area contributed by atoms with E-state index in [1.54, 1.807) is 0 Å². The summed E-state index contributed by atoms with van der Waals surface area (Å²) in [5.74, 6) is -1.81. The van der Waals surface area contributed by atoms with E-state index < -0.39 is 23.1 Å². The number of fused-ring (bicyclic) bond motifs is 1. The van der Waals surface area contributed by atoms with Crippen LogP contribution in [-0.2, 0) is 4.79 Å². The van der Waals surface area contributed by atoms with Crippen molar-refractivity contribution >= 4 is 28.5 Å². The van der Waals surface area contributed by atoms with Crippen molar-refractivity contribution in [2.75, 3.05) is 38.2 Å². The molecule has 178 valence electrons. The Kier molecular flexibility index (Phi) is 6.55. The van der Waals surface area contributed by atoms with Gasteiger partial charge in [0, 0.05) is 50.9 Å². The minimum atomic E-state index is -0.955. The zero-order chi connectivity index (χ0) is 23.7. The summed E-state index contributed by atoms with van der Waals surface area (Å²) in [6, 6.07) is 1.49. The van der Waals surface area contributed by atoms with Crippen LogP contribution >= 0.6 is 0 Å². The molecular weight excluding hydrogens is 431 g/mol. The van der Waals surface area contributed by atoms with E-state index in [4.69, 9.17) is 9.84 Å². The highest BCUT2D eigenvalue weighted by molar-refractivity contribution is 6.00. The molecule has 1 saturated heterocycles. The van der Waals surface area contributed by atoms with E-state index in [1.807, 2.05) is 16.4 Å². The maximum Gasteiger partial charge on any atom is 0.303 e. The molecule has 2 aromatic rings. The van der Waals surface area contributed by atoms with Crippen molar-refractivity contribution in [1.82, 2.24) is 15.2 Å². The monoisotopic (exact) mass is 460 g/mol. The zero-order valence-electron chi connectivity index (χ0n) is 18.8. The number of anilines is 1. The molecule has 9 nitrogen and oxygen atoms in total. The largest absolute Gasteiger partial charge is 0.492 e. The minimum Gasteiger partial charge on any atom is -0.492 e. The predicted octanol–water partition coefficient (Wildman–Crippen LogP) is 1.88. The molecule has 1 atom stereocenters. The third-order valence-corrected chi connectivity index (χ3v) is 6.13. The van der Waals surface area contributed by atoms with Gasteiger partial charge in [-0.3, -0.25) is 14.4 Å². The normalized spacial score (nSPS) is 18.4. The number of benzene rings is 1. The quantitative estimate of drug-likeness (QED) is 0.516. The first kappa shape index (κ1) is 23.0. The molecule has 0 spiro atoms. The number of carboxylic acids is 1. The number of rotatable bonds is 8. The number of carbonyl (C=O) groups excluding carboxylic acids is 1. The number of hydrogen-bond acceptors (Lipinski definition) is 6.